The topological polar surface area (TPSA) is 82.1 Å². The summed E-state index contributed by atoms with van der Waals surface area (Å²) in [7, 11) is 0. The first kappa shape index (κ1) is 23.2. The van der Waals surface area contributed by atoms with Crippen LogP contribution in [0.2, 0.25) is 0 Å². The van der Waals surface area contributed by atoms with Crippen molar-refractivity contribution in [1.29, 1.82) is 0 Å². The third-order valence-corrected chi connectivity index (χ3v) is 11.7. The zero-order valence-electron chi connectivity index (χ0n) is 21.8. The molecule has 2 spiro atoms. The second-order valence-electron chi connectivity index (χ2n) is 13.2. The summed E-state index contributed by atoms with van der Waals surface area (Å²) in [6.07, 6.45) is 6.06. The standard InChI is InChI=1S/C30H38O6/c1-14-7-6-8-34-28(5)12-23-21(11-19(14)28)30(27(33)36-23)13-29-15(2)9-22-18(16(3)26(32)35-22)10-20(29)17(4)24(30)25(29)31/h11,14-15,18,21-25,31H,3,6-10,12-13H2,1-2,4-5H3/t14-,15-,18+,21-,22-,23+,24?,25?,28-,29-,30-/m0/s1. The fourth-order valence-corrected chi connectivity index (χ4v) is 10.1. The van der Waals surface area contributed by atoms with Crippen LogP contribution in [0.5, 0.6) is 0 Å². The van der Waals surface area contributed by atoms with Crippen molar-refractivity contribution in [3.8, 4) is 0 Å². The van der Waals surface area contributed by atoms with Gasteiger partial charge in [0.25, 0.3) is 0 Å². The normalized spacial score (nSPS) is 53.2. The molecule has 2 unspecified atom stereocenters. The second kappa shape index (κ2) is 7.13. The molecule has 7 rings (SSSR count). The Kier molecular flexibility index (Phi) is 4.60. The molecule has 1 N–H and O–H groups in total. The Hall–Kier alpha value is -1.92. The van der Waals surface area contributed by atoms with Crippen molar-refractivity contribution in [1.82, 2.24) is 0 Å². The summed E-state index contributed by atoms with van der Waals surface area (Å²) < 4.78 is 18.3. The average molecular weight is 495 g/mol. The van der Waals surface area contributed by atoms with Gasteiger partial charge in [-0.1, -0.05) is 37.6 Å². The predicted octanol–water partition coefficient (Wildman–Crippen LogP) is 4.27. The minimum absolute atomic E-state index is 0.0449. The van der Waals surface area contributed by atoms with E-state index in [1.165, 1.54) is 11.1 Å². The minimum Gasteiger partial charge on any atom is -0.461 e. The van der Waals surface area contributed by atoms with Gasteiger partial charge in [-0.2, -0.15) is 0 Å². The molecule has 2 bridgehead atoms. The van der Waals surface area contributed by atoms with E-state index in [0.717, 1.165) is 25.0 Å². The molecule has 36 heavy (non-hydrogen) atoms. The van der Waals surface area contributed by atoms with Crippen LogP contribution in [-0.2, 0) is 23.8 Å². The average Bonchev–Trinajstić information content (AvgIpc) is 3.33. The van der Waals surface area contributed by atoms with Gasteiger partial charge in [0.1, 0.15) is 12.2 Å². The summed E-state index contributed by atoms with van der Waals surface area (Å²) in [6, 6.07) is 0. The molecule has 0 aromatic carbocycles. The fraction of sp³-hybridized carbons (Fsp3) is 0.733. The van der Waals surface area contributed by atoms with Crippen LogP contribution in [0.3, 0.4) is 0 Å². The quantitative estimate of drug-likeness (QED) is 0.308. The largest absolute Gasteiger partial charge is 0.461 e. The van der Waals surface area contributed by atoms with Gasteiger partial charge in [-0.3, -0.25) is 4.79 Å². The number of esters is 2. The molecule has 2 saturated carbocycles. The molecular formula is C30H38O6. The zero-order chi connectivity index (χ0) is 25.4. The third kappa shape index (κ3) is 2.51. The molecule has 3 aliphatic heterocycles. The molecule has 0 aromatic rings. The molecule has 3 heterocycles. The van der Waals surface area contributed by atoms with Crippen LogP contribution in [0, 0.1) is 40.4 Å². The third-order valence-electron chi connectivity index (χ3n) is 11.7. The smallest absolute Gasteiger partial charge is 0.334 e. The number of aliphatic hydroxyl groups is 1. The van der Waals surface area contributed by atoms with Crippen molar-refractivity contribution < 1.29 is 28.9 Å². The number of ether oxygens (including phenoxy) is 3. The Labute approximate surface area is 213 Å². The summed E-state index contributed by atoms with van der Waals surface area (Å²) in [6.45, 7) is 13.5. The van der Waals surface area contributed by atoms with Crippen molar-refractivity contribution in [2.24, 2.45) is 40.4 Å². The highest BCUT2D eigenvalue weighted by Crippen LogP contribution is 2.75. The van der Waals surface area contributed by atoms with Crippen molar-refractivity contribution in [3.05, 3.63) is 34.9 Å². The number of hydrogen-bond acceptors (Lipinski definition) is 6. The molecule has 0 aromatic heterocycles. The summed E-state index contributed by atoms with van der Waals surface area (Å²) >= 11 is 0. The second-order valence-corrected chi connectivity index (χ2v) is 13.2. The van der Waals surface area contributed by atoms with E-state index < -0.39 is 22.5 Å². The highest BCUT2D eigenvalue weighted by molar-refractivity contribution is 5.91. The Bertz CT molecular complexity index is 1150. The van der Waals surface area contributed by atoms with E-state index in [1.54, 1.807) is 0 Å². The molecule has 6 nitrogen and oxygen atoms in total. The minimum atomic E-state index is -0.751. The van der Waals surface area contributed by atoms with E-state index in [0.29, 0.717) is 37.2 Å². The van der Waals surface area contributed by atoms with Gasteiger partial charge < -0.3 is 19.3 Å². The van der Waals surface area contributed by atoms with Crippen LogP contribution < -0.4 is 0 Å². The van der Waals surface area contributed by atoms with E-state index >= 15 is 0 Å². The van der Waals surface area contributed by atoms with Crippen LogP contribution in [0.1, 0.15) is 66.2 Å². The summed E-state index contributed by atoms with van der Waals surface area (Å²) in [5, 5.41) is 12.1. The number of aliphatic hydroxyl groups excluding tert-OH is 1. The lowest BCUT2D eigenvalue weighted by Crippen LogP contribution is -2.47. The Balaban J connectivity index is 1.36. The van der Waals surface area contributed by atoms with Crippen LogP contribution in [0.15, 0.2) is 34.9 Å². The number of rotatable bonds is 0. The highest BCUT2D eigenvalue weighted by Gasteiger charge is 2.77. The van der Waals surface area contributed by atoms with Crippen molar-refractivity contribution in [3.63, 3.8) is 0 Å². The van der Waals surface area contributed by atoms with E-state index in [9.17, 15) is 14.7 Å². The van der Waals surface area contributed by atoms with E-state index in [2.05, 4.69) is 40.3 Å². The summed E-state index contributed by atoms with van der Waals surface area (Å²) in [5.74, 6) is -0.323. The van der Waals surface area contributed by atoms with Crippen LogP contribution in [0.25, 0.3) is 0 Å². The Morgan fingerprint density at radius 1 is 1.14 bits per heavy atom. The van der Waals surface area contributed by atoms with Crippen molar-refractivity contribution >= 4 is 11.9 Å². The maximum Gasteiger partial charge on any atom is 0.334 e. The van der Waals surface area contributed by atoms with Gasteiger partial charge in [0.2, 0.25) is 0 Å². The van der Waals surface area contributed by atoms with Gasteiger partial charge in [0, 0.05) is 41.8 Å². The van der Waals surface area contributed by atoms with Gasteiger partial charge in [0.15, 0.2) is 0 Å². The first-order valence-electron chi connectivity index (χ1n) is 13.9. The maximum atomic E-state index is 14.0. The Morgan fingerprint density at radius 3 is 2.69 bits per heavy atom. The monoisotopic (exact) mass is 494 g/mol. The molecule has 5 fully saturated rings. The lowest BCUT2D eigenvalue weighted by Gasteiger charge is -2.45. The van der Waals surface area contributed by atoms with Gasteiger partial charge in [-0.25, -0.2) is 4.79 Å². The summed E-state index contributed by atoms with van der Waals surface area (Å²) in [5.41, 5.74) is 2.58. The Morgan fingerprint density at radius 2 is 1.92 bits per heavy atom. The molecular weight excluding hydrogens is 456 g/mol. The molecule has 0 amide bonds. The maximum absolute atomic E-state index is 14.0. The number of fused-ring (bicyclic) bond motifs is 6. The number of carbonyl (C=O) groups excluding carboxylic acids is 2. The van der Waals surface area contributed by atoms with Gasteiger partial charge in [-0.05, 0) is 63.4 Å². The van der Waals surface area contributed by atoms with Crippen LogP contribution in [-0.4, -0.2) is 47.6 Å². The molecule has 3 saturated heterocycles. The predicted molar refractivity (Wildman–Crippen MR) is 131 cm³/mol. The van der Waals surface area contributed by atoms with Crippen LogP contribution in [0.4, 0.5) is 0 Å². The van der Waals surface area contributed by atoms with E-state index in [-0.39, 0.29) is 47.8 Å². The van der Waals surface area contributed by atoms with Gasteiger partial charge in [-0.15, -0.1) is 0 Å². The first-order valence-corrected chi connectivity index (χ1v) is 13.9. The lowest BCUT2D eigenvalue weighted by molar-refractivity contribution is -0.152. The lowest BCUT2D eigenvalue weighted by atomic mass is 9.56. The molecule has 11 atom stereocenters. The SMILES string of the molecule is C=C1C(=O)O[C@H]2C[C@H](C)[C@@]34C[C@@]5(C(=O)O[C@@H]6C[C@]7(C)OCCC[C@H](C)C7=C[C@@H]65)C(C(C)=C3C[C@H]12)C4O. The zero-order valence-corrected chi connectivity index (χ0v) is 21.8. The molecule has 4 aliphatic carbocycles. The van der Waals surface area contributed by atoms with Crippen LogP contribution >= 0.6 is 0 Å². The first-order chi connectivity index (χ1) is 17.0. The molecule has 7 aliphatic rings. The molecule has 0 radical (unpaired) electrons. The molecule has 194 valence electrons. The van der Waals surface area contributed by atoms with Gasteiger partial charge in [0.05, 0.1) is 17.1 Å². The highest BCUT2D eigenvalue weighted by atomic mass is 16.6. The summed E-state index contributed by atoms with van der Waals surface area (Å²) in [4.78, 5) is 26.2. The van der Waals surface area contributed by atoms with Crippen molar-refractivity contribution in [2.75, 3.05) is 6.61 Å². The fourth-order valence-electron chi connectivity index (χ4n) is 10.1. The van der Waals surface area contributed by atoms with E-state index in [1.807, 2.05) is 0 Å². The van der Waals surface area contributed by atoms with Gasteiger partial charge >= 0.3 is 11.9 Å². The number of carbonyl (C=O) groups is 2. The number of hydrogen-bond donors (Lipinski definition) is 1. The van der Waals surface area contributed by atoms with Crippen molar-refractivity contribution in [2.45, 2.75) is 90.1 Å². The molecule has 6 heteroatoms. The van der Waals surface area contributed by atoms with E-state index in [4.69, 9.17) is 14.2 Å².